The van der Waals surface area contributed by atoms with Gasteiger partial charge in [-0.25, -0.2) is 4.79 Å². The van der Waals surface area contributed by atoms with Gasteiger partial charge in [0.25, 0.3) is 0 Å². The lowest BCUT2D eigenvalue weighted by atomic mass is 9.77. The average Bonchev–Trinajstić information content (AvgIpc) is 3.30. The molecule has 3 aromatic rings. The van der Waals surface area contributed by atoms with Gasteiger partial charge in [0.1, 0.15) is 0 Å². The number of fused-ring (bicyclic) bond motifs is 2. The number of aliphatic hydroxyl groups is 1. The summed E-state index contributed by atoms with van der Waals surface area (Å²) in [7, 11) is 0. The summed E-state index contributed by atoms with van der Waals surface area (Å²) in [5.74, 6) is 0.351. The smallest absolute Gasteiger partial charge is 0.346 e. The molecule has 1 aromatic heterocycles. The van der Waals surface area contributed by atoms with Gasteiger partial charge in [-0.2, -0.15) is 0 Å². The van der Waals surface area contributed by atoms with E-state index < -0.39 is 11.6 Å². The Labute approximate surface area is 186 Å². The van der Waals surface area contributed by atoms with Gasteiger partial charge in [-0.15, -0.1) is 11.3 Å². The second-order valence-electron chi connectivity index (χ2n) is 8.82. The largest absolute Gasteiger partial charge is 0.479 e. The number of nitrogens with one attached hydrogen (secondary N) is 1. The SMILES string of the molecule is O=C(O)C(O)(c1ccccc1)c1scc(C2C3CCC2CNC3)c1Cc1ccccc1. The van der Waals surface area contributed by atoms with Crippen molar-refractivity contribution < 1.29 is 15.0 Å². The number of hydrogen-bond acceptors (Lipinski definition) is 4. The van der Waals surface area contributed by atoms with Gasteiger partial charge in [-0.05, 0) is 72.2 Å². The van der Waals surface area contributed by atoms with E-state index in [4.69, 9.17) is 0 Å². The molecule has 160 valence electrons. The number of aliphatic carboxylic acids is 1. The van der Waals surface area contributed by atoms with Crippen molar-refractivity contribution in [2.75, 3.05) is 13.1 Å². The second-order valence-corrected chi connectivity index (χ2v) is 9.70. The van der Waals surface area contributed by atoms with Crippen LogP contribution in [0.15, 0.2) is 66.0 Å². The van der Waals surface area contributed by atoms with Crippen LogP contribution in [0.3, 0.4) is 0 Å². The van der Waals surface area contributed by atoms with E-state index in [1.807, 2.05) is 24.3 Å². The number of rotatable bonds is 6. The van der Waals surface area contributed by atoms with Gasteiger partial charge in [0, 0.05) is 5.56 Å². The maximum Gasteiger partial charge on any atom is 0.346 e. The number of benzene rings is 2. The van der Waals surface area contributed by atoms with Crippen molar-refractivity contribution in [3.63, 3.8) is 0 Å². The topological polar surface area (TPSA) is 69.6 Å². The molecule has 1 saturated carbocycles. The Morgan fingerprint density at radius 1 is 1.00 bits per heavy atom. The van der Waals surface area contributed by atoms with Crippen molar-refractivity contribution in [1.82, 2.24) is 5.32 Å². The van der Waals surface area contributed by atoms with E-state index in [1.54, 1.807) is 24.3 Å². The molecule has 3 unspecified atom stereocenters. The summed E-state index contributed by atoms with van der Waals surface area (Å²) in [6, 6.07) is 19.0. The molecule has 0 amide bonds. The number of carbonyl (C=O) groups is 1. The highest BCUT2D eigenvalue weighted by Gasteiger charge is 2.46. The van der Waals surface area contributed by atoms with E-state index in [2.05, 4.69) is 22.8 Å². The van der Waals surface area contributed by atoms with Crippen LogP contribution in [0.25, 0.3) is 0 Å². The molecule has 1 aliphatic heterocycles. The van der Waals surface area contributed by atoms with Gasteiger partial charge in [0.2, 0.25) is 5.60 Å². The Kier molecular flexibility index (Phi) is 5.42. The maximum absolute atomic E-state index is 12.5. The molecule has 5 rings (SSSR count). The van der Waals surface area contributed by atoms with Crippen molar-refractivity contribution in [2.24, 2.45) is 11.8 Å². The van der Waals surface area contributed by atoms with E-state index in [1.165, 1.54) is 29.7 Å². The number of carboxylic acid groups (broad SMARTS) is 1. The van der Waals surface area contributed by atoms with Gasteiger partial charge >= 0.3 is 5.97 Å². The van der Waals surface area contributed by atoms with Crippen LogP contribution < -0.4 is 5.32 Å². The Hall–Kier alpha value is -2.47. The fourth-order valence-corrected chi connectivity index (χ4v) is 6.84. The van der Waals surface area contributed by atoms with E-state index >= 15 is 0 Å². The molecule has 31 heavy (non-hydrogen) atoms. The van der Waals surface area contributed by atoms with Crippen LogP contribution in [0.1, 0.15) is 45.9 Å². The third-order valence-corrected chi connectivity index (χ3v) is 8.23. The number of thiophene rings is 1. The summed E-state index contributed by atoms with van der Waals surface area (Å²) in [4.78, 5) is 13.0. The first-order valence-electron chi connectivity index (χ1n) is 11.0. The predicted octanol–water partition coefficient (Wildman–Crippen LogP) is 4.37. The molecule has 0 spiro atoms. The molecular weight excluding hydrogens is 406 g/mol. The lowest BCUT2D eigenvalue weighted by molar-refractivity contribution is -0.154. The lowest BCUT2D eigenvalue weighted by Crippen LogP contribution is -2.38. The molecule has 3 atom stereocenters. The van der Waals surface area contributed by atoms with Crippen molar-refractivity contribution in [3.8, 4) is 0 Å². The third-order valence-electron chi connectivity index (χ3n) is 7.08. The zero-order valence-electron chi connectivity index (χ0n) is 17.3. The van der Waals surface area contributed by atoms with Gasteiger partial charge < -0.3 is 15.5 Å². The fourth-order valence-electron chi connectivity index (χ4n) is 5.58. The Morgan fingerprint density at radius 3 is 2.23 bits per heavy atom. The molecule has 2 bridgehead atoms. The van der Waals surface area contributed by atoms with Crippen LogP contribution in [-0.4, -0.2) is 29.3 Å². The summed E-state index contributed by atoms with van der Waals surface area (Å²) in [5.41, 5.74) is 1.71. The number of hydrogen-bond donors (Lipinski definition) is 3. The summed E-state index contributed by atoms with van der Waals surface area (Å²) in [6.07, 6.45) is 3.04. The van der Waals surface area contributed by atoms with E-state index in [-0.39, 0.29) is 0 Å². The van der Waals surface area contributed by atoms with Crippen molar-refractivity contribution in [2.45, 2.75) is 30.8 Å². The van der Waals surface area contributed by atoms with Crippen LogP contribution >= 0.6 is 11.3 Å². The van der Waals surface area contributed by atoms with Crippen LogP contribution in [0.2, 0.25) is 0 Å². The minimum Gasteiger partial charge on any atom is -0.479 e. The first-order chi connectivity index (χ1) is 15.1. The molecule has 2 fully saturated rings. The normalized spacial score (nSPS) is 24.6. The van der Waals surface area contributed by atoms with E-state index in [0.29, 0.717) is 34.6 Å². The average molecular weight is 434 g/mol. The molecule has 4 nitrogen and oxygen atoms in total. The maximum atomic E-state index is 12.5. The second kappa shape index (κ2) is 8.23. The lowest BCUT2D eigenvalue weighted by Gasteiger charge is -2.32. The summed E-state index contributed by atoms with van der Waals surface area (Å²) >= 11 is 1.40. The molecule has 1 aliphatic carbocycles. The van der Waals surface area contributed by atoms with Gasteiger partial charge in [-0.3, -0.25) is 0 Å². The first-order valence-corrected chi connectivity index (χ1v) is 11.8. The Bertz CT molecular complexity index is 1050. The van der Waals surface area contributed by atoms with Gasteiger partial charge in [-0.1, -0.05) is 60.7 Å². The summed E-state index contributed by atoms with van der Waals surface area (Å²) < 4.78 is 0. The molecule has 2 aromatic carbocycles. The number of piperidine rings is 1. The summed E-state index contributed by atoms with van der Waals surface area (Å²) in [5, 5.41) is 27.5. The van der Waals surface area contributed by atoms with Crippen molar-refractivity contribution in [1.29, 1.82) is 0 Å². The molecule has 2 aliphatic rings. The molecule has 5 heteroatoms. The highest BCUT2D eigenvalue weighted by molar-refractivity contribution is 7.10. The highest BCUT2D eigenvalue weighted by Crippen LogP contribution is 2.50. The Morgan fingerprint density at radius 2 is 1.61 bits per heavy atom. The first kappa shape index (κ1) is 20.4. The molecule has 0 radical (unpaired) electrons. The minimum atomic E-state index is -2.06. The van der Waals surface area contributed by atoms with Crippen LogP contribution in [0.4, 0.5) is 0 Å². The standard InChI is InChI=1S/C26H27NO3S/c28-25(29)26(30,20-9-5-2-6-10-20)24-21(13-17-7-3-1-4-8-17)22(16-31-24)23-18-11-12-19(23)15-27-14-18/h1-10,16,18-19,23,27,30H,11-15H2,(H,28,29). The Balaban J connectivity index is 1.67. The molecule has 3 N–H and O–H groups in total. The zero-order chi connectivity index (χ0) is 21.4. The molecule has 2 heterocycles. The fraction of sp³-hybridized carbons (Fsp3) is 0.346. The zero-order valence-corrected chi connectivity index (χ0v) is 18.1. The number of carboxylic acids is 1. The predicted molar refractivity (Wildman–Crippen MR) is 122 cm³/mol. The summed E-state index contributed by atoms with van der Waals surface area (Å²) in [6.45, 7) is 2.03. The molecule has 1 saturated heterocycles. The van der Waals surface area contributed by atoms with Gasteiger partial charge in [0.05, 0.1) is 4.88 Å². The van der Waals surface area contributed by atoms with Gasteiger partial charge in [0.15, 0.2) is 0 Å². The van der Waals surface area contributed by atoms with Crippen LogP contribution in [0, 0.1) is 11.8 Å². The van der Waals surface area contributed by atoms with Crippen molar-refractivity contribution >= 4 is 17.3 Å². The highest BCUT2D eigenvalue weighted by atomic mass is 32.1. The van der Waals surface area contributed by atoms with Crippen LogP contribution in [-0.2, 0) is 16.8 Å². The van der Waals surface area contributed by atoms with Crippen molar-refractivity contribution in [3.05, 3.63) is 93.2 Å². The quantitative estimate of drug-likeness (QED) is 0.540. The molecular formula is C26H27NO3S. The van der Waals surface area contributed by atoms with Crippen LogP contribution in [0.5, 0.6) is 0 Å². The minimum absolute atomic E-state index is 0.401. The monoisotopic (exact) mass is 433 g/mol. The van der Waals surface area contributed by atoms with E-state index in [0.717, 1.165) is 24.2 Å². The van der Waals surface area contributed by atoms with E-state index in [9.17, 15) is 15.0 Å². The third kappa shape index (κ3) is 3.51.